The monoisotopic (exact) mass is 446 g/mol. The molecule has 1 amide bonds. The molecule has 0 radical (unpaired) electrons. The minimum absolute atomic E-state index is 0. The Morgan fingerprint density at radius 3 is 2.70 bits per heavy atom. The van der Waals surface area contributed by atoms with Crippen molar-refractivity contribution in [3.63, 3.8) is 0 Å². The first-order valence-corrected chi connectivity index (χ1v) is 10.5. The van der Waals surface area contributed by atoms with E-state index >= 15 is 0 Å². The summed E-state index contributed by atoms with van der Waals surface area (Å²) >= 11 is 1.74. The van der Waals surface area contributed by atoms with E-state index in [4.69, 9.17) is 4.74 Å². The van der Waals surface area contributed by atoms with Gasteiger partial charge in [0.05, 0.1) is 6.04 Å². The Balaban J connectivity index is 0.00000256. The van der Waals surface area contributed by atoms with Gasteiger partial charge in [0.15, 0.2) is 0 Å². The lowest BCUT2D eigenvalue weighted by Gasteiger charge is -2.36. The molecule has 0 saturated heterocycles. The highest BCUT2D eigenvalue weighted by Gasteiger charge is 2.32. The lowest BCUT2D eigenvalue weighted by atomic mass is 9.93. The normalized spacial score (nSPS) is 15.3. The Morgan fingerprint density at radius 1 is 1.20 bits per heavy atom. The molecule has 0 bridgehead atoms. The fourth-order valence-corrected chi connectivity index (χ4v) is 4.68. The van der Waals surface area contributed by atoms with E-state index in [2.05, 4.69) is 16.8 Å². The molecule has 7 heteroatoms. The van der Waals surface area contributed by atoms with Crippen LogP contribution in [0.3, 0.4) is 0 Å². The molecule has 3 aromatic rings. The number of halogens is 2. The molecule has 1 aromatic heterocycles. The number of carbonyl (C=O) groups is 1. The molecule has 2 heterocycles. The van der Waals surface area contributed by atoms with Gasteiger partial charge >= 0.3 is 0 Å². The summed E-state index contributed by atoms with van der Waals surface area (Å²) in [6.07, 6.45) is 0.876. The molecule has 1 aliphatic rings. The maximum Gasteiger partial charge on any atom is 0.249 e. The predicted molar refractivity (Wildman–Crippen MR) is 121 cm³/mol. The van der Waals surface area contributed by atoms with Crippen LogP contribution in [0.5, 0.6) is 0 Å². The summed E-state index contributed by atoms with van der Waals surface area (Å²) in [5, 5.41) is 5.35. The van der Waals surface area contributed by atoms with E-state index < -0.39 is 0 Å². The molecule has 0 aliphatic carbocycles. The van der Waals surface area contributed by atoms with Gasteiger partial charge in [-0.1, -0.05) is 30.3 Å². The van der Waals surface area contributed by atoms with Crippen LogP contribution < -0.4 is 5.32 Å². The summed E-state index contributed by atoms with van der Waals surface area (Å²) in [6, 6.07) is 16.8. The Labute approximate surface area is 186 Å². The third kappa shape index (κ3) is 4.67. The first-order valence-electron chi connectivity index (χ1n) is 9.59. The maximum atomic E-state index is 13.8. The molecule has 1 unspecified atom stereocenters. The highest BCUT2D eigenvalue weighted by molar-refractivity contribution is 7.10. The minimum Gasteiger partial charge on any atom is -0.381 e. The van der Waals surface area contributed by atoms with E-state index in [0.29, 0.717) is 18.7 Å². The number of rotatable bonds is 6. The first-order chi connectivity index (χ1) is 14.2. The van der Waals surface area contributed by atoms with Gasteiger partial charge in [-0.2, -0.15) is 0 Å². The summed E-state index contributed by atoms with van der Waals surface area (Å²) < 4.78 is 18.9. The van der Waals surface area contributed by atoms with Crippen molar-refractivity contribution in [2.45, 2.75) is 19.0 Å². The number of hydrogen-bond donors (Lipinski definition) is 1. The van der Waals surface area contributed by atoms with Crippen molar-refractivity contribution >= 4 is 35.3 Å². The van der Waals surface area contributed by atoms with Gasteiger partial charge in [-0.15, -0.1) is 23.7 Å². The summed E-state index contributed by atoms with van der Waals surface area (Å²) in [5.74, 6) is -0.216. The van der Waals surface area contributed by atoms with Crippen molar-refractivity contribution in [1.82, 2.24) is 4.90 Å². The molecule has 0 spiro atoms. The van der Waals surface area contributed by atoms with Crippen molar-refractivity contribution in [2.24, 2.45) is 0 Å². The number of hydrogen-bond acceptors (Lipinski definition) is 4. The zero-order chi connectivity index (χ0) is 20.2. The third-order valence-electron chi connectivity index (χ3n) is 5.22. The lowest BCUT2D eigenvalue weighted by molar-refractivity contribution is -0.137. The molecule has 4 rings (SSSR count). The highest BCUT2D eigenvalue weighted by Crippen LogP contribution is 2.38. The molecule has 0 saturated carbocycles. The smallest absolute Gasteiger partial charge is 0.249 e. The van der Waals surface area contributed by atoms with E-state index in [1.165, 1.54) is 16.5 Å². The van der Waals surface area contributed by atoms with Crippen LogP contribution in [0.15, 0.2) is 60.0 Å². The number of thiophene rings is 1. The van der Waals surface area contributed by atoms with E-state index in [-0.39, 0.29) is 36.8 Å². The summed E-state index contributed by atoms with van der Waals surface area (Å²) in [7, 11) is 1.54. The summed E-state index contributed by atoms with van der Waals surface area (Å²) in [6.45, 7) is 1.19. The molecule has 2 aromatic carbocycles. The lowest BCUT2D eigenvalue weighted by Crippen LogP contribution is -2.41. The van der Waals surface area contributed by atoms with Crippen LogP contribution in [0.2, 0.25) is 0 Å². The van der Waals surface area contributed by atoms with Gasteiger partial charge in [-0.3, -0.25) is 4.79 Å². The van der Waals surface area contributed by atoms with Crippen LogP contribution in [0, 0.1) is 5.82 Å². The van der Waals surface area contributed by atoms with Crippen LogP contribution in [-0.2, 0) is 22.5 Å². The maximum absolute atomic E-state index is 13.8. The second-order valence-corrected chi connectivity index (χ2v) is 8.04. The number of amides is 1. The Bertz CT molecular complexity index is 993. The SMILES string of the molecule is COCC(=O)N1CCc2sccc2C1c1ccc(NCc2ccccc2F)cc1.Cl. The number of ether oxygens (including phenoxy) is 1. The molecule has 1 N–H and O–H groups in total. The highest BCUT2D eigenvalue weighted by atomic mass is 35.5. The molecule has 4 nitrogen and oxygen atoms in total. The van der Waals surface area contributed by atoms with Crippen molar-refractivity contribution in [3.05, 3.63) is 87.4 Å². The molecule has 0 fully saturated rings. The van der Waals surface area contributed by atoms with Crippen molar-refractivity contribution < 1.29 is 13.9 Å². The quantitative estimate of drug-likeness (QED) is 0.576. The van der Waals surface area contributed by atoms with E-state index in [0.717, 1.165) is 17.7 Å². The number of nitrogens with zero attached hydrogens (tertiary/aromatic N) is 1. The van der Waals surface area contributed by atoms with Crippen LogP contribution in [0.1, 0.15) is 27.6 Å². The van der Waals surface area contributed by atoms with Gasteiger partial charge in [0.25, 0.3) is 0 Å². The molecule has 1 aliphatic heterocycles. The van der Waals surface area contributed by atoms with Crippen LogP contribution in [-0.4, -0.2) is 31.1 Å². The number of benzene rings is 2. The van der Waals surface area contributed by atoms with Crippen LogP contribution >= 0.6 is 23.7 Å². The van der Waals surface area contributed by atoms with Gasteiger partial charge in [0.2, 0.25) is 5.91 Å². The van der Waals surface area contributed by atoms with Gasteiger partial charge in [0, 0.05) is 36.3 Å². The third-order valence-corrected chi connectivity index (χ3v) is 6.22. The summed E-state index contributed by atoms with van der Waals surface area (Å²) in [4.78, 5) is 15.9. The zero-order valence-corrected chi connectivity index (χ0v) is 18.3. The number of methoxy groups -OCH3 is 1. The molecular weight excluding hydrogens is 423 g/mol. The number of nitrogens with one attached hydrogen (secondary N) is 1. The van der Waals surface area contributed by atoms with Crippen LogP contribution in [0.4, 0.5) is 10.1 Å². The Hall–Kier alpha value is -2.41. The number of carbonyl (C=O) groups excluding carboxylic acids is 1. The van der Waals surface area contributed by atoms with Gasteiger partial charge in [-0.25, -0.2) is 4.39 Å². The van der Waals surface area contributed by atoms with Crippen molar-refractivity contribution in [3.8, 4) is 0 Å². The van der Waals surface area contributed by atoms with Crippen LogP contribution in [0.25, 0.3) is 0 Å². The standard InChI is InChI=1S/C23H23FN2O2S.ClH/c1-28-15-22(27)26-12-10-21-19(11-13-29-21)23(26)16-6-8-18(9-7-16)25-14-17-4-2-3-5-20(17)24;/h2-9,11,13,23,25H,10,12,14-15H2,1H3;1H. The second-order valence-electron chi connectivity index (χ2n) is 7.04. The fraction of sp³-hybridized carbons (Fsp3) is 0.261. The average molecular weight is 447 g/mol. The van der Waals surface area contributed by atoms with E-state index in [1.54, 1.807) is 30.6 Å². The predicted octanol–water partition coefficient (Wildman–Crippen LogP) is 5.04. The zero-order valence-electron chi connectivity index (χ0n) is 16.6. The molecular formula is C23H24ClFN2O2S. The van der Waals surface area contributed by atoms with Gasteiger partial charge in [0.1, 0.15) is 12.4 Å². The largest absolute Gasteiger partial charge is 0.381 e. The van der Waals surface area contributed by atoms with E-state index in [1.807, 2.05) is 35.2 Å². The number of fused-ring (bicyclic) bond motifs is 1. The topological polar surface area (TPSA) is 41.6 Å². The second kappa shape index (κ2) is 10.1. The Kier molecular flexibility index (Phi) is 7.48. The average Bonchev–Trinajstić information content (AvgIpc) is 3.22. The Morgan fingerprint density at radius 2 is 1.97 bits per heavy atom. The fourth-order valence-electron chi connectivity index (χ4n) is 3.77. The van der Waals surface area contributed by atoms with Gasteiger partial charge in [-0.05, 0) is 47.2 Å². The van der Waals surface area contributed by atoms with E-state index in [9.17, 15) is 9.18 Å². The van der Waals surface area contributed by atoms with Crippen molar-refractivity contribution in [2.75, 3.05) is 25.6 Å². The van der Waals surface area contributed by atoms with Crippen molar-refractivity contribution in [1.29, 1.82) is 0 Å². The molecule has 1 atom stereocenters. The minimum atomic E-state index is -0.212. The number of anilines is 1. The first kappa shape index (κ1) is 22.3. The van der Waals surface area contributed by atoms with Gasteiger partial charge < -0.3 is 15.0 Å². The molecule has 30 heavy (non-hydrogen) atoms. The summed E-state index contributed by atoms with van der Waals surface area (Å²) in [5.41, 5.74) is 3.79. The molecule has 158 valence electrons.